The Bertz CT molecular complexity index is 1440. The van der Waals surface area contributed by atoms with Crippen LogP contribution in [0.25, 0.3) is 0 Å². The molecule has 0 N–H and O–H groups in total. The van der Waals surface area contributed by atoms with Crippen LogP contribution in [0.15, 0.2) is 97.2 Å². The van der Waals surface area contributed by atoms with Crippen LogP contribution in [0.4, 0.5) is 0 Å². The molecule has 0 aromatic heterocycles. The zero-order valence-electron chi connectivity index (χ0n) is 47.9. The fourth-order valence-corrected chi connectivity index (χ4v) is 8.59. The second-order valence-electron chi connectivity index (χ2n) is 20.2. The van der Waals surface area contributed by atoms with Crippen molar-refractivity contribution in [3.8, 4) is 0 Å². The largest absolute Gasteiger partial charge is 0.462 e. The van der Waals surface area contributed by atoms with Gasteiger partial charge in [0.2, 0.25) is 0 Å². The third-order valence-electron chi connectivity index (χ3n) is 13.1. The Balaban J connectivity index is 4.40. The first kappa shape index (κ1) is 69.3. The Morgan fingerprint density at radius 2 is 0.589 bits per heavy atom. The summed E-state index contributed by atoms with van der Waals surface area (Å²) in [6.45, 7) is 6.35. The number of unbranched alkanes of at least 4 members (excludes halogenated alkanes) is 29. The summed E-state index contributed by atoms with van der Waals surface area (Å²) in [5.74, 6) is -1.05. The normalized spacial score (nSPS) is 12.8. The van der Waals surface area contributed by atoms with Crippen LogP contribution in [0.3, 0.4) is 0 Å². The van der Waals surface area contributed by atoms with Crippen molar-refractivity contribution in [3.63, 3.8) is 0 Å². The number of carbonyl (C=O) groups excluding carboxylic acids is 3. The van der Waals surface area contributed by atoms with Crippen LogP contribution < -0.4 is 0 Å². The zero-order chi connectivity index (χ0) is 52.9. The van der Waals surface area contributed by atoms with Crippen molar-refractivity contribution >= 4 is 17.9 Å². The Hall–Kier alpha value is -3.67. The molecule has 73 heavy (non-hydrogen) atoms. The van der Waals surface area contributed by atoms with E-state index in [1.807, 2.05) is 6.08 Å². The highest BCUT2D eigenvalue weighted by molar-refractivity contribution is 5.72. The number of hydrogen-bond donors (Lipinski definition) is 0. The second-order valence-corrected chi connectivity index (χ2v) is 20.2. The van der Waals surface area contributed by atoms with Crippen LogP contribution >= 0.6 is 0 Å². The standard InChI is InChI=1S/C67H114O6/c1-4-7-10-13-16-19-22-25-28-30-31-32-33-34-35-37-39-42-45-48-51-54-57-60-66(69)72-63-64(62-71-65(68)59-56-53-50-47-44-41-38-27-24-21-18-15-12-9-6-3)73-67(70)61-58-55-52-49-46-43-40-36-29-26-23-20-17-14-11-8-5-2/h8-9,11-12,17-18,20-21,26-27,29,38,44,47,53,56,64H,4-7,10,13-16,19,22-25,28,30-37,39-43,45-46,48-52,54-55,57-63H2,1-3H3/b11-8-,12-9-,20-17-,21-18-,29-26-,38-27-,47-44-,56-53-. The Labute approximate surface area is 451 Å². The van der Waals surface area contributed by atoms with E-state index in [0.29, 0.717) is 12.8 Å². The molecule has 0 radical (unpaired) electrons. The predicted molar refractivity (Wildman–Crippen MR) is 316 cm³/mol. The lowest BCUT2D eigenvalue weighted by atomic mass is 10.0. The van der Waals surface area contributed by atoms with E-state index in [1.165, 1.54) is 154 Å². The quantitative estimate of drug-likeness (QED) is 0.0261. The Kier molecular flexibility index (Phi) is 57.8. The maximum atomic E-state index is 12.9. The van der Waals surface area contributed by atoms with E-state index in [0.717, 1.165) is 96.3 Å². The molecule has 1 atom stereocenters. The highest BCUT2D eigenvalue weighted by atomic mass is 16.6. The van der Waals surface area contributed by atoms with Crippen molar-refractivity contribution in [2.45, 2.75) is 297 Å². The summed E-state index contributed by atoms with van der Waals surface area (Å²) in [4.78, 5) is 38.2. The van der Waals surface area contributed by atoms with Gasteiger partial charge in [-0.1, -0.05) is 291 Å². The van der Waals surface area contributed by atoms with E-state index in [2.05, 4.69) is 106 Å². The van der Waals surface area contributed by atoms with Crippen molar-refractivity contribution < 1.29 is 28.6 Å². The third kappa shape index (κ3) is 59.1. The van der Waals surface area contributed by atoms with Crippen molar-refractivity contribution in [2.75, 3.05) is 13.2 Å². The minimum absolute atomic E-state index is 0.110. The number of esters is 3. The third-order valence-corrected chi connectivity index (χ3v) is 13.1. The van der Waals surface area contributed by atoms with E-state index in [9.17, 15) is 14.4 Å². The van der Waals surface area contributed by atoms with Gasteiger partial charge in [-0.2, -0.15) is 0 Å². The smallest absolute Gasteiger partial charge is 0.309 e. The highest BCUT2D eigenvalue weighted by Crippen LogP contribution is 2.17. The van der Waals surface area contributed by atoms with Crippen LogP contribution in [0, 0.1) is 0 Å². The summed E-state index contributed by atoms with van der Waals surface area (Å²) in [5, 5.41) is 0. The summed E-state index contributed by atoms with van der Waals surface area (Å²) in [6.07, 6.45) is 81.6. The second kappa shape index (κ2) is 60.9. The number of carbonyl (C=O) groups is 3. The highest BCUT2D eigenvalue weighted by Gasteiger charge is 2.19. The monoisotopic (exact) mass is 1010 g/mol. The zero-order valence-corrected chi connectivity index (χ0v) is 47.9. The van der Waals surface area contributed by atoms with Gasteiger partial charge in [-0.15, -0.1) is 0 Å². The van der Waals surface area contributed by atoms with Crippen molar-refractivity contribution in [2.24, 2.45) is 0 Å². The SMILES string of the molecule is CC/C=C\C/C=C\C/C=C\C/C=C\C/C=C\CC(=O)OCC(COC(=O)CCCCCCCCCCCCCCCCCCCCCCCCC)OC(=O)CCCCCCCCC/C=C\C/C=C\C/C=C\CC. The van der Waals surface area contributed by atoms with E-state index >= 15 is 0 Å². The first-order valence-electron chi connectivity index (χ1n) is 30.7. The van der Waals surface area contributed by atoms with Gasteiger partial charge in [-0.3, -0.25) is 14.4 Å². The molecular weight excluding hydrogens is 901 g/mol. The van der Waals surface area contributed by atoms with Crippen LogP contribution in [-0.2, 0) is 28.6 Å². The van der Waals surface area contributed by atoms with Gasteiger partial charge in [0, 0.05) is 12.8 Å². The van der Waals surface area contributed by atoms with Gasteiger partial charge < -0.3 is 14.2 Å². The molecule has 0 amide bonds. The lowest BCUT2D eigenvalue weighted by Crippen LogP contribution is -2.30. The molecule has 0 rings (SSSR count). The Morgan fingerprint density at radius 1 is 0.301 bits per heavy atom. The molecule has 6 heteroatoms. The maximum absolute atomic E-state index is 12.9. The summed E-state index contributed by atoms with van der Waals surface area (Å²) in [7, 11) is 0. The number of allylic oxidation sites excluding steroid dienone is 15. The maximum Gasteiger partial charge on any atom is 0.309 e. The number of hydrogen-bond acceptors (Lipinski definition) is 6. The van der Waals surface area contributed by atoms with Crippen molar-refractivity contribution in [1.29, 1.82) is 0 Å². The van der Waals surface area contributed by atoms with E-state index in [4.69, 9.17) is 14.2 Å². The van der Waals surface area contributed by atoms with Crippen molar-refractivity contribution in [1.82, 2.24) is 0 Å². The molecule has 0 saturated carbocycles. The van der Waals surface area contributed by atoms with Crippen molar-refractivity contribution in [3.05, 3.63) is 97.2 Å². The molecule has 0 aliphatic rings. The number of rotatable bonds is 55. The average molecular weight is 1020 g/mol. The van der Waals surface area contributed by atoms with Gasteiger partial charge in [-0.05, 0) is 77.0 Å². The molecule has 0 aromatic rings. The molecule has 418 valence electrons. The summed E-state index contributed by atoms with van der Waals surface area (Å²) in [6, 6.07) is 0. The molecule has 0 aromatic carbocycles. The molecule has 1 unspecified atom stereocenters. The van der Waals surface area contributed by atoms with Gasteiger partial charge in [0.05, 0.1) is 6.42 Å². The lowest BCUT2D eigenvalue weighted by molar-refractivity contribution is -0.166. The first-order chi connectivity index (χ1) is 36.0. The molecule has 0 aliphatic heterocycles. The minimum Gasteiger partial charge on any atom is -0.462 e. The van der Waals surface area contributed by atoms with Gasteiger partial charge in [0.15, 0.2) is 6.10 Å². The average Bonchev–Trinajstić information content (AvgIpc) is 3.39. The van der Waals surface area contributed by atoms with E-state index in [1.54, 1.807) is 6.08 Å². The molecule has 0 saturated heterocycles. The molecular formula is C67H114O6. The molecule has 0 heterocycles. The molecule has 0 bridgehead atoms. The lowest BCUT2D eigenvalue weighted by Gasteiger charge is -2.18. The first-order valence-corrected chi connectivity index (χ1v) is 30.7. The predicted octanol–water partition coefficient (Wildman–Crippen LogP) is 20.9. The van der Waals surface area contributed by atoms with Gasteiger partial charge >= 0.3 is 17.9 Å². The van der Waals surface area contributed by atoms with Crippen LogP contribution in [0.5, 0.6) is 0 Å². The summed E-state index contributed by atoms with van der Waals surface area (Å²) < 4.78 is 16.8. The fraction of sp³-hybridized carbons (Fsp3) is 0.716. The minimum atomic E-state index is -0.823. The van der Waals surface area contributed by atoms with E-state index in [-0.39, 0.29) is 31.6 Å². The summed E-state index contributed by atoms with van der Waals surface area (Å²) >= 11 is 0. The van der Waals surface area contributed by atoms with E-state index < -0.39 is 12.1 Å². The molecule has 6 nitrogen and oxygen atoms in total. The number of ether oxygens (including phenoxy) is 3. The molecule has 0 aliphatic carbocycles. The van der Waals surface area contributed by atoms with Gasteiger partial charge in [-0.25, -0.2) is 0 Å². The topological polar surface area (TPSA) is 78.9 Å². The van der Waals surface area contributed by atoms with Gasteiger partial charge in [0.1, 0.15) is 13.2 Å². The van der Waals surface area contributed by atoms with Gasteiger partial charge in [0.25, 0.3) is 0 Å². The Morgan fingerprint density at radius 3 is 0.959 bits per heavy atom. The van der Waals surface area contributed by atoms with Crippen LogP contribution in [0.1, 0.15) is 290 Å². The molecule has 0 spiro atoms. The van der Waals surface area contributed by atoms with Crippen LogP contribution in [0.2, 0.25) is 0 Å². The molecule has 0 fully saturated rings. The summed E-state index contributed by atoms with van der Waals surface area (Å²) in [5.41, 5.74) is 0. The fourth-order valence-electron chi connectivity index (χ4n) is 8.59. The van der Waals surface area contributed by atoms with Crippen LogP contribution in [-0.4, -0.2) is 37.2 Å².